The Bertz CT molecular complexity index is 582. The number of hydrogen-bond donors (Lipinski definition) is 1. The molecule has 0 atom stereocenters. The third kappa shape index (κ3) is 3.01. The predicted molar refractivity (Wildman–Crippen MR) is 74.2 cm³/mol. The first-order valence-corrected chi connectivity index (χ1v) is 5.71. The Hall–Kier alpha value is -2.56. The topological polar surface area (TPSA) is 69.7 Å². The van der Waals surface area contributed by atoms with Crippen LogP contribution < -0.4 is 15.2 Å². The highest BCUT2D eigenvalue weighted by Crippen LogP contribution is 2.31. The normalized spacial score (nSPS) is 11.2. The number of methoxy groups -OCH3 is 2. The lowest BCUT2D eigenvalue weighted by molar-refractivity contribution is 0.404. The van der Waals surface area contributed by atoms with E-state index < -0.39 is 0 Å². The van der Waals surface area contributed by atoms with E-state index in [2.05, 4.69) is 9.98 Å². The van der Waals surface area contributed by atoms with Crippen LogP contribution in [-0.4, -0.2) is 25.0 Å². The number of amidine groups is 1. The number of aromatic nitrogens is 1. The van der Waals surface area contributed by atoms with Gasteiger partial charge >= 0.3 is 0 Å². The van der Waals surface area contributed by atoms with Crippen LogP contribution in [0.15, 0.2) is 47.7 Å². The van der Waals surface area contributed by atoms with E-state index in [0.717, 1.165) is 5.56 Å². The molecule has 5 heteroatoms. The maximum Gasteiger partial charge on any atom is 0.144 e. The van der Waals surface area contributed by atoms with Gasteiger partial charge in [0.2, 0.25) is 0 Å². The Balaban J connectivity index is 2.41. The lowest BCUT2D eigenvalue weighted by Gasteiger charge is -2.08. The van der Waals surface area contributed by atoms with Crippen LogP contribution in [0, 0.1) is 0 Å². The van der Waals surface area contributed by atoms with E-state index >= 15 is 0 Å². The lowest BCUT2D eigenvalue weighted by Crippen LogP contribution is -2.12. The van der Waals surface area contributed by atoms with Crippen molar-refractivity contribution >= 4 is 11.5 Å². The molecule has 2 aromatic rings. The number of nitrogens with two attached hydrogens (primary N) is 1. The van der Waals surface area contributed by atoms with Crippen LogP contribution in [0.3, 0.4) is 0 Å². The maximum atomic E-state index is 5.97. The molecular formula is C14H15N3O2. The number of aliphatic imine (C=N–C) groups is 1. The minimum Gasteiger partial charge on any atom is -0.497 e. The Morgan fingerprint density at radius 1 is 1.11 bits per heavy atom. The summed E-state index contributed by atoms with van der Waals surface area (Å²) in [7, 11) is 3.19. The van der Waals surface area contributed by atoms with Crippen molar-refractivity contribution in [2.45, 2.75) is 0 Å². The third-order valence-electron chi connectivity index (χ3n) is 2.60. The molecule has 0 amide bonds. The number of hydrogen-bond acceptors (Lipinski definition) is 4. The zero-order valence-corrected chi connectivity index (χ0v) is 10.8. The molecule has 0 bridgehead atoms. The first-order valence-electron chi connectivity index (χ1n) is 5.71. The highest BCUT2D eigenvalue weighted by atomic mass is 16.5. The summed E-state index contributed by atoms with van der Waals surface area (Å²) < 4.78 is 10.4. The van der Waals surface area contributed by atoms with Gasteiger partial charge in [0.25, 0.3) is 0 Å². The Kier molecular flexibility index (Phi) is 3.97. The van der Waals surface area contributed by atoms with Crippen LogP contribution in [0.1, 0.15) is 5.56 Å². The average Bonchev–Trinajstić information content (AvgIpc) is 2.48. The predicted octanol–water partition coefficient (Wildman–Crippen LogP) is 2.14. The fraction of sp³-hybridized carbons (Fsp3) is 0.143. The van der Waals surface area contributed by atoms with Crippen molar-refractivity contribution in [2.24, 2.45) is 10.7 Å². The molecule has 0 saturated heterocycles. The average molecular weight is 257 g/mol. The Labute approximate surface area is 111 Å². The van der Waals surface area contributed by atoms with Crippen LogP contribution >= 0.6 is 0 Å². The highest BCUT2D eigenvalue weighted by Gasteiger charge is 2.05. The quantitative estimate of drug-likeness (QED) is 0.673. The third-order valence-corrected chi connectivity index (χ3v) is 2.60. The van der Waals surface area contributed by atoms with Crippen molar-refractivity contribution < 1.29 is 9.47 Å². The van der Waals surface area contributed by atoms with Gasteiger partial charge in [-0.1, -0.05) is 0 Å². The fourth-order valence-electron chi connectivity index (χ4n) is 1.60. The molecule has 1 heterocycles. The second-order valence-electron chi connectivity index (χ2n) is 3.77. The number of benzene rings is 1. The first kappa shape index (κ1) is 12.9. The van der Waals surface area contributed by atoms with Crippen LogP contribution in [0.2, 0.25) is 0 Å². The molecule has 1 aromatic heterocycles. The van der Waals surface area contributed by atoms with E-state index in [0.29, 0.717) is 23.0 Å². The highest BCUT2D eigenvalue weighted by molar-refractivity contribution is 5.99. The summed E-state index contributed by atoms with van der Waals surface area (Å²) in [5.41, 5.74) is 7.39. The zero-order valence-electron chi connectivity index (χ0n) is 10.8. The number of ether oxygens (including phenoxy) is 2. The molecule has 19 heavy (non-hydrogen) atoms. The molecule has 0 aliphatic heterocycles. The Morgan fingerprint density at radius 3 is 2.47 bits per heavy atom. The summed E-state index contributed by atoms with van der Waals surface area (Å²) in [5.74, 6) is 1.73. The molecule has 0 spiro atoms. The minimum atomic E-state index is 0.397. The van der Waals surface area contributed by atoms with Crippen molar-refractivity contribution in [2.75, 3.05) is 14.2 Å². The van der Waals surface area contributed by atoms with Crippen molar-refractivity contribution in [3.63, 3.8) is 0 Å². The van der Waals surface area contributed by atoms with Gasteiger partial charge in [-0.3, -0.25) is 4.98 Å². The fourth-order valence-corrected chi connectivity index (χ4v) is 1.60. The van der Waals surface area contributed by atoms with Gasteiger partial charge in [-0.05, 0) is 24.3 Å². The van der Waals surface area contributed by atoms with Gasteiger partial charge in [0.15, 0.2) is 0 Å². The van der Waals surface area contributed by atoms with Crippen LogP contribution in [-0.2, 0) is 0 Å². The summed E-state index contributed by atoms with van der Waals surface area (Å²) >= 11 is 0. The largest absolute Gasteiger partial charge is 0.497 e. The summed E-state index contributed by atoms with van der Waals surface area (Å²) in [6.45, 7) is 0. The molecule has 0 aliphatic rings. The molecule has 0 radical (unpaired) electrons. The van der Waals surface area contributed by atoms with E-state index in [1.807, 2.05) is 0 Å². The molecule has 98 valence electrons. The summed E-state index contributed by atoms with van der Waals surface area (Å²) in [6, 6.07) is 8.96. The van der Waals surface area contributed by atoms with Crippen LogP contribution in [0.4, 0.5) is 5.69 Å². The van der Waals surface area contributed by atoms with Crippen molar-refractivity contribution in [1.82, 2.24) is 4.98 Å². The monoisotopic (exact) mass is 257 g/mol. The van der Waals surface area contributed by atoms with Crippen molar-refractivity contribution in [3.8, 4) is 11.5 Å². The molecule has 0 aliphatic carbocycles. The maximum absolute atomic E-state index is 5.97. The summed E-state index contributed by atoms with van der Waals surface area (Å²) in [6.07, 6.45) is 3.33. The van der Waals surface area contributed by atoms with Crippen LogP contribution in [0.25, 0.3) is 0 Å². The lowest BCUT2D eigenvalue weighted by atomic mass is 10.2. The minimum absolute atomic E-state index is 0.397. The summed E-state index contributed by atoms with van der Waals surface area (Å²) in [4.78, 5) is 8.31. The van der Waals surface area contributed by atoms with Gasteiger partial charge in [0.05, 0.1) is 14.2 Å². The van der Waals surface area contributed by atoms with E-state index in [1.165, 1.54) is 0 Å². The number of pyridine rings is 1. The van der Waals surface area contributed by atoms with Crippen LogP contribution in [0.5, 0.6) is 11.5 Å². The van der Waals surface area contributed by atoms with Gasteiger partial charge in [0, 0.05) is 24.0 Å². The van der Waals surface area contributed by atoms with Gasteiger partial charge in [-0.2, -0.15) is 0 Å². The molecule has 2 rings (SSSR count). The van der Waals surface area contributed by atoms with E-state index in [1.54, 1.807) is 56.9 Å². The molecule has 5 nitrogen and oxygen atoms in total. The van der Waals surface area contributed by atoms with Crippen molar-refractivity contribution in [3.05, 3.63) is 48.3 Å². The van der Waals surface area contributed by atoms with E-state index in [-0.39, 0.29) is 0 Å². The molecule has 0 unspecified atom stereocenters. The second-order valence-corrected chi connectivity index (χ2v) is 3.77. The molecular weight excluding hydrogens is 242 g/mol. The standard InChI is InChI=1S/C14H15N3O2/c1-18-11-3-4-13(19-2)12(9-11)17-14(15)10-5-7-16-8-6-10/h3-9H,1-2H3,(H2,15,17). The van der Waals surface area contributed by atoms with Crippen molar-refractivity contribution in [1.29, 1.82) is 0 Å². The number of rotatable bonds is 4. The zero-order chi connectivity index (χ0) is 13.7. The number of nitrogens with zero attached hydrogens (tertiary/aromatic N) is 2. The molecule has 0 fully saturated rings. The smallest absolute Gasteiger partial charge is 0.144 e. The first-order chi connectivity index (χ1) is 9.24. The van der Waals surface area contributed by atoms with E-state index in [4.69, 9.17) is 15.2 Å². The Morgan fingerprint density at radius 2 is 1.84 bits per heavy atom. The SMILES string of the molecule is COc1ccc(OC)c(N=C(N)c2ccncc2)c1. The molecule has 1 aromatic carbocycles. The second kappa shape index (κ2) is 5.86. The van der Waals surface area contributed by atoms with Gasteiger partial charge < -0.3 is 15.2 Å². The van der Waals surface area contributed by atoms with Gasteiger partial charge in [-0.25, -0.2) is 4.99 Å². The molecule has 0 saturated carbocycles. The van der Waals surface area contributed by atoms with Gasteiger partial charge in [0.1, 0.15) is 23.0 Å². The van der Waals surface area contributed by atoms with Gasteiger partial charge in [-0.15, -0.1) is 0 Å². The molecule has 2 N–H and O–H groups in total. The summed E-state index contributed by atoms with van der Waals surface area (Å²) in [5, 5.41) is 0. The van der Waals surface area contributed by atoms with E-state index in [9.17, 15) is 0 Å².